The van der Waals surface area contributed by atoms with E-state index in [0.29, 0.717) is 19.8 Å². The second-order valence-corrected chi connectivity index (χ2v) is 5.94. The number of para-hydroxylation sites is 1. The van der Waals surface area contributed by atoms with Gasteiger partial charge in [0, 0.05) is 23.9 Å². The fraction of sp³-hybridized carbons (Fsp3) is 0.368. The molecule has 2 aromatic heterocycles. The van der Waals surface area contributed by atoms with Crippen LogP contribution in [0.15, 0.2) is 30.3 Å². The van der Waals surface area contributed by atoms with Gasteiger partial charge in [-0.15, -0.1) is 0 Å². The van der Waals surface area contributed by atoms with Gasteiger partial charge in [-0.3, -0.25) is 0 Å². The first kappa shape index (κ1) is 18.2. The molecule has 26 heavy (non-hydrogen) atoms. The van der Waals surface area contributed by atoms with Crippen molar-refractivity contribution in [3.05, 3.63) is 41.7 Å². The summed E-state index contributed by atoms with van der Waals surface area (Å²) in [6.07, 6.45) is 0. The summed E-state index contributed by atoms with van der Waals surface area (Å²) >= 11 is 0. The van der Waals surface area contributed by atoms with Gasteiger partial charge in [-0.05, 0) is 19.9 Å². The minimum absolute atomic E-state index is 0.0270. The van der Waals surface area contributed by atoms with Crippen molar-refractivity contribution < 1.29 is 14.6 Å². The summed E-state index contributed by atoms with van der Waals surface area (Å²) in [6, 6.07) is 9.83. The van der Waals surface area contributed by atoms with Crippen molar-refractivity contribution in [1.82, 2.24) is 14.6 Å². The van der Waals surface area contributed by atoms with Gasteiger partial charge in [-0.2, -0.15) is 9.61 Å². The van der Waals surface area contributed by atoms with E-state index in [2.05, 4.69) is 10.4 Å². The maximum Gasteiger partial charge on any atom is 0.165 e. The van der Waals surface area contributed by atoms with E-state index >= 15 is 0 Å². The quantitative estimate of drug-likeness (QED) is 0.604. The Morgan fingerprint density at radius 3 is 2.77 bits per heavy atom. The Bertz CT molecular complexity index is 892. The molecule has 0 bridgehead atoms. The van der Waals surface area contributed by atoms with Crippen LogP contribution in [0, 0.1) is 13.8 Å². The number of benzene rings is 1. The predicted molar refractivity (Wildman–Crippen MR) is 101 cm³/mol. The lowest BCUT2D eigenvalue weighted by Gasteiger charge is -2.11. The number of fused-ring (bicyclic) bond motifs is 1. The zero-order valence-electron chi connectivity index (χ0n) is 15.3. The average Bonchev–Trinajstić information content (AvgIpc) is 2.97. The zero-order chi connectivity index (χ0) is 18.5. The normalized spacial score (nSPS) is 11.1. The second kappa shape index (κ2) is 8.16. The lowest BCUT2D eigenvalue weighted by Crippen LogP contribution is -2.14. The van der Waals surface area contributed by atoms with E-state index in [-0.39, 0.29) is 6.61 Å². The van der Waals surface area contributed by atoms with E-state index in [1.165, 1.54) is 0 Å². The SMILES string of the molecule is COc1ccccc1-c1c(C)nn2c(NCCOCCO)cc(C)nc12. The van der Waals surface area contributed by atoms with Crippen LogP contribution in [-0.4, -0.2) is 53.2 Å². The van der Waals surface area contributed by atoms with Crippen molar-refractivity contribution in [1.29, 1.82) is 0 Å². The number of anilines is 1. The van der Waals surface area contributed by atoms with E-state index in [9.17, 15) is 0 Å². The van der Waals surface area contributed by atoms with Gasteiger partial charge in [0.05, 0.1) is 38.2 Å². The lowest BCUT2D eigenvalue weighted by atomic mass is 10.1. The molecule has 0 amide bonds. The first-order chi connectivity index (χ1) is 12.7. The number of rotatable bonds is 8. The molecule has 3 rings (SSSR count). The van der Waals surface area contributed by atoms with Crippen LogP contribution in [0.3, 0.4) is 0 Å². The van der Waals surface area contributed by atoms with Crippen LogP contribution in [0.25, 0.3) is 16.8 Å². The van der Waals surface area contributed by atoms with E-state index in [0.717, 1.165) is 39.7 Å². The van der Waals surface area contributed by atoms with Crippen molar-refractivity contribution in [2.75, 3.05) is 38.8 Å². The predicted octanol–water partition coefficient (Wildman–Crippen LogP) is 2.44. The Labute approximate surface area is 152 Å². The van der Waals surface area contributed by atoms with Gasteiger partial charge in [0.25, 0.3) is 0 Å². The number of hydrogen-bond donors (Lipinski definition) is 2. The highest BCUT2D eigenvalue weighted by atomic mass is 16.5. The highest BCUT2D eigenvalue weighted by molar-refractivity contribution is 5.84. The molecule has 0 atom stereocenters. The number of aliphatic hydroxyl groups excluding tert-OH is 1. The van der Waals surface area contributed by atoms with Gasteiger partial charge in [-0.25, -0.2) is 4.98 Å². The number of nitrogens with one attached hydrogen (secondary N) is 1. The molecule has 3 aromatic rings. The number of ether oxygens (including phenoxy) is 2. The summed E-state index contributed by atoms with van der Waals surface area (Å²) in [5.74, 6) is 1.64. The fourth-order valence-corrected chi connectivity index (χ4v) is 2.95. The summed E-state index contributed by atoms with van der Waals surface area (Å²) in [5, 5.41) is 16.8. The third kappa shape index (κ3) is 3.63. The molecule has 0 saturated carbocycles. The van der Waals surface area contributed by atoms with Crippen molar-refractivity contribution in [2.45, 2.75) is 13.8 Å². The molecule has 0 saturated heterocycles. The molecular formula is C19H24N4O3. The summed E-state index contributed by atoms with van der Waals surface area (Å²) < 4.78 is 12.6. The van der Waals surface area contributed by atoms with Crippen LogP contribution < -0.4 is 10.1 Å². The maximum absolute atomic E-state index is 8.77. The number of methoxy groups -OCH3 is 1. The van der Waals surface area contributed by atoms with E-state index < -0.39 is 0 Å². The average molecular weight is 356 g/mol. The van der Waals surface area contributed by atoms with Crippen molar-refractivity contribution in [3.63, 3.8) is 0 Å². The van der Waals surface area contributed by atoms with Crippen molar-refractivity contribution in [3.8, 4) is 16.9 Å². The lowest BCUT2D eigenvalue weighted by molar-refractivity contribution is 0.0991. The smallest absolute Gasteiger partial charge is 0.165 e. The van der Waals surface area contributed by atoms with Gasteiger partial charge in [0.15, 0.2) is 5.65 Å². The first-order valence-corrected chi connectivity index (χ1v) is 8.58. The van der Waals surface area contributed by atoms with Crippen LogP contribution >= 0.6 is 0 Å². The summed E-state index contributed by atoms with van der Waals surface area (Å²) in [6.45, 7) is 5.41. The van der Waals surface area contributed by atoms with Gasteiger partial charge < -0.3 is 19.9 Å². The molecule has 0 radical (unpaired) electrons. The summed E-state index contributed by atoms with van der Waals surface area (Å²) in [5.41, 5.74) is 4.49. The van der Waals surface area contributed by atoms with Crippen LogP contribution in [0.4, 0.5) is 5.82 Å². The van der Waals surface area contributed by atoms with E-state index in [1.807, 2.05) is 48.7 Å². The topological polar surface area (TPSA) is 80.9 Å². The molecule has 2 N–H and O–H groups in total. The molecule has 7 nitrogen and oxygen atoms in total. The fourth-order valence-electron chi connectivity index (χ4n) is 2.95. The van der Waals surface area contributed by atoms with Gasteiger partial charge in [0.1, 0.15) is 11.6 Å². The summed E-state index contributed by atoms with van der Waals surface area (Å²) in [4.78, 5) is 4.71. The molecule has 0 unspecified atom stereocenters. The molecule has 7 heteroatoms. The maximum atomic E-state index is 8.77. The Kier molecular flexibility index (Phi) is 5.70. The van der Waals surface area contributed by atoms with Crippen LogP contribution in [0.5, 0.6) is 5.75 Å². The monoisotopic (exact) mass is 356 g/mol. The Morgan fingerprint density at radius 1 is 1.19 bits per heavy atom. The third-order valence-corrected chi connectivity index (χ3v) is 4.06. The van der Waals surface area contributed by atoms with Crippen LogP contribution in [0.1, 0.15) is 11.4 Å². The minimum atomic E-state index is 0.0270. The second-order valence-electron chi connectivity index (χ2n) is 5.94. The van der Waals surface area contributed by atoms with Crippen LogP contribution in [-0.2, 0) is 4.74 Å². The number of aliphatic hydroxyl groups is 1. The van der Waals surface area contributed by atoms with Gasteiger partial charge in [-0.1, -0.05) is 18.2 Å². The molecule has 138 valence electrons. The van der Waals surface area contributed by atoms with Crippen LogP contribution in [0.2, 0.25) is 0 Å². The molecular weight excluding hydrogens is 332 g/mol. The Morgan fingerprint density at radius 2 is 2.00 bits per heavy atom. The Hall–Kier alpha value is -2.64. The molecule has 0 fully saturated rings. The number of hydrogen-bond acceptors (Lipinski definition) is 6. The molecule has 0 spiro atoms. The number of nitrogens with zero attached hydrogens (tertiary/aromatic N) is 3. The molecule has 0 aliphatic heterocycles. The third-order valence-electron chi connectivity index (χ3n) is 4.06. The molecule has 0 aliphatic rings. The van der Waals surface area contributed by atoms with Crippen molar-refractivity contribution >= 4 is 11.5 Å². The molecule has 0 aliphatic carbocycles. The van der Waals surface area contributed by atoms with Gasteiger partial charge >= 0.3 is 0 Å². The van der Waals surface area contributed by atoms with Gasteiger partial charge in [0.2, 0.25) is 0 Å². The molecule has 2 heterocycles. The van der Waals surface area contributed by atoms with Crippen molar-refractivity contribution in [2.24, 2.45) is 0 Å². The zero-order valence-corrected chi connectivity index (χ0v) is 15.3. The molecule has 1 aromatic carbocycles. The summed E-state index contributed by atoms with van der Waals surface area (Å²) in [7, 11) is 1.66. The Balaban J connectivity index is 2.00. The highest BCUT2D eigenvalue weighted by Gasteiger charge is 2.18. The first-order valence-electron chi connectivity index (χ1n) is 8.58. The van der Waals surface area contributed by atoms with E-state index in [4.69, 9.17) is 19.6 Å². The number of aryl methyl sites for hydroxylation is 2. The highest BCUT2D eigenvalue weighted by Crippen LogP contribution is 2.35. The minimum Gasteiger partial charge on any atom is -0.496 e. The largest absolute Gasteiger partial charge is 0.496 e. The number of aromatic nitrogens is 3. The standard InChI is InChI=1S/C19H24N4O3/c1-13-12-17(20-8-10-26-11-9-24)23-19(21-13)18(14(2)22-23)15-6-4-5-7-16(15)25-3/h4-7,12,20,24H,8-11H2,1-3H3. The van der Waals surface area contributed by atoms with E-state index in [1.54, 1.807) is 7.11 Å².